The molecule has 0 amide bonds. The van der Waals surface area contributed by atoms with Crippen molar-refractivity contribution in [2.75, 3.05) is 0 Å². The molecular formula is C8H12BrCl3O2. The van der Waals surface area contributed by atoms with Crippen LogP contribution in [-0.4, -0.2) is 20.7 Å². The number of esters is 1. The predicted molar refractivity (Wildman–Crippen MR) is 63.4 cm³/mol. The second-order valence-electron chi connectivity index (χ2n) is 3.27. The van der Waals surface area contributed by atoms with Crippen molar-refractivity contribution in [3.8, 4) is 0 Å². The Labute approximate surface area is 107 Å². The Kier molecular flexibility index (Phi) is 6.12. The van der Waals surface area contributed by atoms with E-state index in [9.17, 15) is 4.79 Å². The third kappa shape index (κ3) is 5.06. The number of carbonyl (C=O) groups is 1. The van der Waals surface area contributed by atoms with Gasteiger partial charge < -0.3 is 4.74 Å². The Bertz CT molecular complexity index is 203. The first-order valence-electron chi connectivity index (χ1n) is 4.07. The van der Waals surface area contributed by atoms with Crippen molar-refractivity contribution in [2.24, 2.45) is 5.92 Å². The highest BCUT2D eigenvalue weighted by Crippen LogP contribution is 2.32. The fraction of sp³-hybridized carbons (Fsp3) is 0.875. The quantitative estimate of drug-likeness (QED) is 0.584. The molecule has 0 saturated carbocycles. The van der Waals surface area contributed by atoms with Crippen LogP contribution in [0, 0.1) is 5.92 Å². The van der Waals surface area contributed by atoms with E-state index in [2.05, 4.69) is 15.9 Å². The summed E-state index contributed by atoms with van der Waals surface area (Å²) in [6, 6.07) is 0. The van der Waals surface area contributed by atoms with Gasteiger partial charge in [0, 0.05) is 0 Å². The number of carbonyl (C=O) groups excluding carboxylic acids is 1. The van der Waals surface area contributed by atoms with E-state index >= 15 is 0 Å². The Morgan fingerprint density at radius 2 is 1.71 bits per heavy atom. The summed E-state index contributed by atoms with van der Waals surface area (Å²) >= 11 is 19.8. The van der Waals surface area contributed by atoms with Gasteiger partial charge in [-0.2, -0.15) is 0 Å². The normalized spacial score (nSPS) is 16.6. The highest BCUT2D eigenvalue weighted by Gasteiger charge is 2.33. The number of alkyl halides is 4. The van der Waals surface area contributed by atoms with Crippen LogP contribution < -0.4 is 0 Å². The average molecular weight is 326 g/mol. The maximum atomic E-state index is 11.4. The minimum atomic E-state index is -1.58. The van der Waals surface area contributed by atoms with E-state index < -0.39 is 15.9 Å². The Hall–Kier alpha value is 0.820. The van der Waals surface area contributed by atoms with E-state index in [1.807, 2.05) is 13.8 Å². The molecule has 0 aromatic carbocycles. The first-order chi connectivity index (χ1) is 6.16. The fourth-order valence-electron chi connectivity index (χ4n) is 0.578. The predicted octanol–water partition coefficient (Wildman–Crippen LogP) is 3.71. The molecule has 0 aliphatic carbocycles. The third-order valence-corrected chi connectivity index (χ3v) is 3.92. The number of hydrogen-bond donors (Lipinski definition) is 0. The van der Waals surface area contributed by atoms with Gasteiger partial charge in [0.15, 0.2) is 0 Å². The van der Waals surface area contributed by atoms with Gasteiger partial charge in [-0.3, -0.25) is 4.79 Å². The summed E-state index contributed by atoms with van der Waals surface area (Å²) in [7, 11) is 0. The van der Waals surface area contributed by atoms with Gasteiger partial charge >= 0.3 is 5.97 Å². The molecule has 2 nitrogen and oxygen atoms in total. The van der Waals surface area contributed by atoms with Gasteiger partial charge in [0.05, 0.1) is 0 Å². The van der Waals surface area contributed by atoms with Crippen molar-refractivity contribution in [3.63, 3.8) is 0 Å². The largest absolute Gasteiger partial charge is 0.457 e. The van der Waals surface area contributed by atoms with Crippen LogP contribution in [0.5, 0.6) is 0 Å². The average Bonchev–Trinajstić information content (AvgIpc) is 2.00. The van der Waals surface area contributed by atoms with Crippen molar-refractivity contribution in [2.45, 2.75) is 35.5 Å². The molecular weight excluding hydrogens is 314 g/mol. The van der Waals surface area contributed by atoms with Crippen molar-refractivity contribution in [1.29, 1.82) is 0 Å². The molecule has 0 radical (unpaired) electrons. The lowest BCUT2D eigenvalue weighted by molar-refractivity contribution is -0.147. The second-order valence-corrected chi connectivity index (χ2v) is 6.62. The monoisotopic (exact) mass is 324 g/mol. The summed E-state index contributed by atoms with van der Waals surface area (Å²) in [5.74, 6) is -0.288. The van der Waals surface area contributed by atoms with Crippen LogP contribution in [-0.2, 0) is 9.53 Å². The van der Waals surface area contributed by atoms with E-state index in [0.717, 1.165) is 0 Å². The molecule has 0 fully saturated rings. The van der Waals surface area contributed by atoms with E-state index in [1.54, 1.807) is 0 Å². The van der Waals surface area contributed by atoms with Crippen LogP contribution in [0.4, 0.5) is 0 Å². The lowest BCUT2D eigenvalue weighted by Gasteiger charge is -2.22. The lowest BCUT2D eigenvalue weighted by Crippen LogP contribution is -2.33. The summed E-state index contributed by atoms with van der Waals surface area (Å²) in [5, 5.41) is 0. The molecule has 0 heterocycles. The molecule has 0 spiro atoms. The third-order valence-electron chi connectivity index (χ3n) is 1.56. The van der Waals surface area contributed by atoms with Crippen LogP contribution >= 0.6 is 50.7 Å². The van der Waals surface area contributed by atoms with Crippen molar-refractivity contribution >= 4 is 56.7 Å². The lowest BCUT2D eigenvalue weighted by atomic mass is 10.1. The molecule has 0 aliphatic heterocycles. The van der Waals surface area contributed by atoms with Crippen LogP contribution in [0.1, 0.15) is 20.8 Å². The van der Waals surface area contributed by atoms with Gasteiger partial charge in [-0.15, -0.1) is 0 Å². The molecule has 0 aromatic heterocycles. The van der Waals surface area contributed by atoms with E-state index in [1.165, 1.54) is 6.92 Å². The minimum Gasteiger partial charge on any atom is -0.457 e. The highest BCUT2D eigenvalue weighted by molar-refractivity contribution is 9.10. The summed E-state index contributed by atoms with van der Waals surface area (Å²) in [6.45, 7) is 5.31. The first kappa shape index (κ1) is 14.8. The molecule has 0 rings (SSSR count). The molecule has 84 valence electrons. The molecule has 0 saturated heterocycles. The van der Waals surface area contributed by atoms with Gasteiger partial charge in [0.1, 0.15) is 10.9 Å². The van der Waals surface area contributed by atoms with Crippen molar-refractivity contribution in [3.05, 3.63) is 0 Å². The topological polar surface area (TPSA) is 26.3 Å². The zero-order valence-corrected chi connectivity index (χ0v) is 11.9. The molecule has 6 heteroatoms. The van der Waals surface area contributed by atoms with Crippen molar-refractivity contribution < 1.29 is 9.53 Å². The van der Waals surface area contributed by atoms with Gasteiger partial charge in [0.2, 0.25) is 3.79 Å². The van der Waals surface area contributed by atoms with Gasteiger partial charge in [0.25, 0.3) is 0 Å². The molecule has 2 atom stereocenters. The van der Waals surface area contributed by atoms with Crippen LogP contribution in [0.15, 0.2) is 0 Å². The zero-order valence-electron chi connectivity index (χ0n) is 8.06. The number of ether oxygens (including phenoxy) is 1. The first-order valence-corrected chi connectivity index (χ1v) is 6.12. The van der Waals surface area contributed by atoms with Gasteiger partial charge in [-0.05, 0) is 12.8 Å². The summed E-state index contributed by atoms with van der Waals surface area (Å²) < 4.78 is 3.37. The molecule has 14 heavy (non-hydrogen) atoms. The molecule has 0 bridgehead atoms. The van der Waals surface area contributed by atoms with E-state index in [4.69, 9.17) is 39.5 Å². The molecule has 0 aromatic rings. The van der Waals surface area contributed by atoms with Crippen LogP contribution in [0.3, 0.4) is 0 Å². The van der Waals surface area contributed by atoms with Gasteiger partial charge in [-0.1, -0.05) is 64.6 Å². The summed E-state index contributed by atoms with van der Waals surface area (Å²) in [6.07, 6.45) is -0.765. The Morgan fingerprint density at radius 1 is 1.29 bits per heavy atom. The smallest absolute Gasteiger partial charge is 0.320 e. The van der Waals surface area contributed by atoms with Gasteiger partial charge in [-0.25, -0.2) is 0 Å². The SMILES string of the molecule is CC(C)C(Br)C(=O)OC(C)C(Cl)(Cl)Cl. The highest BCUT2D eigenvalue weighted by atomic mass is 79.9. The number of rotatable bonds is 3. The van der Waals surface area contributed by atoms with E-state index in [-0.39, 0.29) is 10.7 Å². The maximum Gasteiger partial charge on any atom is 0.320 e. The molecule has 0 N–H and O–H groups in total. The van der Waals surface area contributed by atoms with Crippen LogP contribution in [0.2, 0.25) is 0 Å². The Morgan fingerprint density at radius 3 is 2.00 bits per heavy atom. The standard InChI is InChI=1S/C8H12BrCl3O2/c1-4(2)6(9)7(13)14-5(3)8(10,11)12/h4-6H,1-3H3. The number of halogens is 4. The van der Waals surface area contributed by atoms with E-state index in [0.29, 0.717) is 0 Å². The minimum absolute atomic E-state index is 0.130. The molecule has 2 unspecified atom stereocenters. The number of hydrogen-bond acceptors (Lipinski definition) is 2. The van der Waals surface area contributed by atoms with Crippen molar-refractivity contribution in [1.82, 2.24) is 0 Å². The summed E-state index contributed by atoms with van der Waals surface area (Å²) in [5.41, 5.74) is 0. The second kappa shape index (κ2) is 5.78. The zero-order chi connectivity index (χ0) is 11.5. The molecule has 0 aliphatic rings. The Balaban J connectivity index is 4.20. The van der Waals surface area contributed by atoms with Crippen LogP contribution in [0.25, 0.3) is 0 Å². The summed E-state index contributed by atoms with van der Waals surface area (Å²) in [4.78, 5) is 11.0. The maximum absolute atomic E-state index is 11.4. The fourth-order valence-corrected chi connectivity index (χ4v) is 0.820.